The molecule has 1 heterocycles. The second-order valence-corrected chi connectivity index (χ2v) is 4.89. The summed E-state index contributed by atoms with van der Waals surface area (Å²) in [6, 6.07) is 4.73. The van der Waals surface area contributed by atoms with Gasteiger partial charge < -0.3 is 4.90 Å². The van der Waals surface area contributed by atoms with E-state index in [1.54, 1.807) is 0 Å². The van der Waals surface area contributed by atoms with Gasteiger partial charge in [0.15, 0.2) is 0 Å². The maximum absolute atomic E-state index is 4.47. The van der Waals surface area contributed by atoms with Crippen LogP contribution in [0.3, 0.4) is 0 Å². The van der Waals surface area contributed by atoms with Gasteiger partial charge in [0.1, 0.15) is 5.82 Å². The number of aromatic nitrogens is 1. The summed E-state index contributed by atoms with van der Waals surface area (Å²) in [7, 11) is 0. The monoisotopic (exact) mass is 268 g/mol. The Bertz CT molecular complexity index is 321. The lowest BCUT2D eigenvalue weighted by Crippen LogP contribution is -2.33. The Morgan fingerprint density at radius 1 is 1.47 bits per heavy atom. The first-order chi connectivity index (χ1) is 7.33. The molecule has 0 unspecified atom stereocenters. The van der Waals surface area contributed by atoms with E-state index in [1.807, 2.05) is 12.3 Å². The minimum atomic E-state index is 0.696. The quantitative estimate of drug-likeness (QED) is 0.833. The van der Waals surface area contributed by atoms with Crippen LogP contribution >= 0.6 is 15.9 Å². The molecule has 1 aromatic heterocycles. The minimum absolute atomic E-state index is 0.696. The molecule has 82 valence electrons. The fourth-order valence-electron chi connectivity index (χ4n) is 2.39. The summed E-state index contributed by atoms with van der Waals surface area (Å²) in [5.74, 6) is 1.10. The van der Waals surface area contributed by atoms with Gasteiger partial charge >= 0.3 is 0 Å². The fraction of sp³-hybridized carbons (Fsp3) is 0.583. The molecule has 1 saturated carbocycles. The molecule has 1 fully saturated rings. The molecule has 0 amide bonds. The smallest absolute Gasteiger partial charge is 0.143 e. The zero-order valence-corrected chi connectivity index (χ0v) is 10.7. The molecule has 0 bridgehead atoms. The number of nitrogens with zero attached hydrogens (tertiary/aromatic N) is 2. The normalized spacial score (nSPS) is 16.9. The van der Waals surface area contributed by atoms with Crippen molar-refractivity contribution in [2.24, 2.45) is 0 Å². The zero-order chi connectivity index (χ0) is 10.7. The third-order valence-electron chi connectivity index (χ3n) is 3.12. The Kier molecular flexibility index (Phi) is 3.62. The van der Waals surface area contributed by atoms with Crippen LogP contribution in [0, 0.1) is 0 Å². The second kappa shape index (κ2) is 4.97. The van der Waals surface area contributed by atoms with E-state index in [4.69, 9.17) is 0 Å². The largest absolute Gasteiger partial charge is 0.353 e. The van der Waals surface area contributed by atoms with Gasteiger partial charge in [0, 0.05) is 18.8 Å². The molecule has 0 aromatic carbocycles. The van der Waals surface area contributed by atoms with Crippen LogP contribution in [0.4, 0.5) is 5.82 Å². The Hall–Kier alpha value is -0.570. The SMILES string of the molecule is CCN(c1ncccc1Br)C1CCCC1. The predicted octanol–water partition coefficient (Wildman–Crippen LogP) is 3.61. The molecule has 0 N–H and O–H groups in total. The van der Waals surface area contributed by atoms with Gasteiger partial charge in [-0.05, 0) is 47.8 Å². The number of hydrogen-bond donors (Lipinski definition) is 0. The highest BCUT2D eigenvalue weighted by Gasteiger charge is 2.23. The molecule has 0 aliphatic heterocycles. The van der Waals surface area contributed by atoms with Crippen molar-refractivity contribution < 1.29 is 0 Å². The number of pyridine rings is 1. The maximum Gasteiger partial charge on any atom is 0.143 e. The summed E-state index contributed by atoms with van der Waals surface area (Å²) < 4.78 is 1.11. The van der Waals surface area contributed by atoms with Crippen molar-refractivity contribution in [3.63, 3.8) is 0 Å². The van der Waals surface area contributed by atoms with Crippen LogP contribution in [0.5, 0.6) is 0 Å². The summed E-state index contributed by atoms with van der Waals surface area (Å²) in [5, 5.41) is 0. The molecule has 1 aliphatic rings. The first-order valence-corrected chi connectivity index (χ1v) is 6.49. The van der Waals surface area contributed by atoms with Gasteiger partial charge in [-0.25, -0.2) is 4.98 Å². The van der Waals surface area contributed by atoms with Gasteiger partial charge in [-0.3, -0.25) is 0 Å². The average molecular weight is 269 g/mol. The summed E-state index contributed by atoms with van der Waals surface area (Å²) >= 11 is 3.58. The van der Waals surface area contributed by atoms with Gasteiger partial charge in [0.05, 0.1) is 4.47 Å². The van der Waals surface area contributed by atoms with Gasteiger partial charge in [-0.15, -0.1) is 0 Å². The Balaban J connectivity index is 2.22. The van der Waals surface area contributed by atoms with Crippen molar-refractivity contribution in [3.8, 4) is 0 Å². The topological polar surface area (TPSA) is 16.1 Å². The second-order valence-electron chi connectivity index (χ2n) is 4.03. The lowest BCUT2D eigenvalue weighted by atomic mass is 10.2. The van der Waals surface area contributed by atoms with E-state index in [1.165, 1.54) is 25.7 Å². The standard InChI is InChI=1S/C12H17BrN2/c1-2-15(10-6-3-4-7-10)12-11(13)8-5-9-14-12/h5,8-10H,2-4,6-7H2,1H3. The minimum Gasteiger partial charge on any atom is -0.353 e. The number of rotatable bonds is 3. The highest BCUT2D eigenvalue weighted by molar-refractivity contribution is 9.10. The van der Waals surface area contributed by atoms with Crippen LogP contribution in [0.1, 0.15) is 32.6 Å². The molecule has 3 heteroatoms. The molecule has 0 spiro atoms. The van der Waals surface area contributed by atoms with Crippen LogP contribution in [-0.2, 0) is 0 Å². The first-order valence-electron chi connectivity index (χ1n) is 5.70. The van der Waals surface area contributed by atoms with E-state index >= 15 is 0 Å². The molecular formula is C12H17BrN2. The van der Waals surface area contributed by atoms with Crippen LogP contribution in [0.15, 0.2) is 22.8 Å². The van der Waals surface area contributed by atoms with Crippen molar-refractivity contribution in [2.45, 2.75) is 38.6 Å². The lowest BCUT2D eigenvalue weighted by Gasteiger charge is -2.29. The average Bonchev–Trinajstić information content (AvgIpc) is 2.75. The van der Waals surface area contributed by atoms with Crippen molar-refractivity contribution >= 4 is 21.7 Å². The number of hydrogen-bond acceptors (Lipinski definition) is 2. The molecule has 0 atom stereocenters. The predicted molar refractivity (Wildman–Crippen MR) is 67.2 cm³/mol. The zero-order valence-electron chi connectivity index (χ0n) is 9.12. The van der Waals surface area contributed by atoms with E-state index in [9.17, 15) is 0 Å². The van der Waals surface area contributed by atoms with E-state index in [-0.39, 0.29) is 0 Å². The highest BCUT2D eigenvalue weighted by Crippen LogP contribution is 2.30. The fourth-order valence-corrected chi connectivity index (χ4v) is 2.87. The molecule has 15 heavy (non-hydrogen) atoms. The van der Waals surface area contributed by atoms with Crippen LogP contribution in [0.25, 0.3) is 0 Å². The maximum atomic E-state index is 4.47. The van der Waals surface area contributed by atoms with E-state index in [0.29, 0.717) is 6.04 Å². The molecule has 0 saturated heterocycles. The first kappa shape index (κ1) is 10.9. The van der Waals surface area contributed by atoms with Gasteiger partial charge in [0.2, 0.25) is 0 Å². The third-order valence-corrected chi connectivity index (χ3v) is 3.74. The lowest BCUT2D eigenvalue weighted by molar-refractivity contribution is 0.612. The van der Waals surface area contributed by atoms with Crippen LogP contribution < -0.4 is 4.90 Å². The molecule has 2 rings (SSSR count). The van der Waals surface area contributed by atoms with Crippen molar-refractivity contribution in [3.05, 3.63) is 22.8 Å². The highest BCUT2D eigenvalue weighted by atomic mass is 79.9. The van der Waals surface area contributed by atoms with E-state index in [2.05, 4.69) is 38.8 Å². The van der Waals surface area contributed by atoms with E-state index in [0.717, 1.165) is 16.8 Å². The summed E-state index contributed by atoms with van der Waals surface area (Å²) in [6.45, 7) is 3.25. The van der Waals surface area contributed by atoms with Crippen molar-refractivity contribution in [1.82, 2.24) is 4.98 Å². The van der Waals surface area contributed by atoms with Crippen LogP contribution in [-0.4, -0.2) is 17.6 Å². The molecular weight excluding hydrogens is 252 g/mol. The van der Waals surface area contributed by atoms with Crippen LogP contribution in [0.2, 0.25) is 0 Å². The van der Waals surface area contributed by atoms with Crippen molar-refractivity contribution in [1.29, 1.82) is 0 Å². The van der Waals surface area contributed by atoms with Crippen molar-refractivity contribution in [2.75, 3.05) is 11.4 Å². The van der Waals surface area contributed by atoms with Gasteiger partial charge in [0.25, 0.3) is 0 Å². The number of anilines is 1. The summed E-state index contributed by atoms with van der Waals surface area (Å²) in [5.41, 5.74) is 0. The molecule has 0 radical (unpaired) electrons. The summed E-state index contributed by atoms with van der Waals surface area (Å²) in [4.78, 5) is 6.90. The molecule has 2 nitrogen and oxygen atoms in total. The van der Waals surface area contributed by atoms with Gasteiger partial charge in [-0.2, -0.15) is 0 Å². The van der Waals surface area contributed by atoms with E-state index < -0.39 is 0 Å². The number of halogens is 1. The summed E-state index contributed by atoms with van der Waals surface area (Å²) in [6.07, 6.45) is 7.24. The Morgan fingerprint density at radius 2 is 2.20 bits per heavy atom. The third kappa shape index (κ3) is 2.33. The van der Waals surface area contributed by atoms with Gasteiger partial charge in [-0.1, -0.05) is 12.8 Å². The Labute approximate surface area is 99.8 Å². The molecule has 1 aliphatic carbocycles. The molecule has 1 aromatic rings. The Morgan fingerprint density at radius 3 is 2.80 bits per heavy atom.